The molecule has 1 saturated heterocycles. The first-order valence-corrected chi connectivity index (χ1v) is 12.5. The van der Waals surface area contributed by atoms with Gasteiger partial charge in [-0.2, -0.15) is 0 Å². The average Bonchev–Trinajstić information content (AvgIpc) is 2.88. The van der Waals surface area contributed by atoms with Crippen molar-refractivity contribution < 1.29 is 19.1 Å². The third kappa shape index (κ3) is 6.53. The molecule has 0 radical (unpaired) electrons. The van der Waals surface area contributed by atoms with Crippen molar-refractivity contribution >= 4 is 57.7 Å². The zero-order chi connectivity index (χ0) is 25.5. The highest BCUT2D eigenvalue weighted by atomic mass is 35.5. The van der Waals surface area contributed by atoms with Crippen LogP contribution in [0.15, 0.2) is 83.9 Å². The molecule has 0 saturated carbocycles. The van der Waals surface area contributed by atoms with Gasteiger partial charge in [0.05, 0.1) is 18.4 Å². The van der Waals surface area contributed by atoms with Gasteiger partial charge in [0.1, 0.15) is 5.25 Å². The van der Waals surface area contributed by atoms with Crippen LogP contribution in [0.3, 0.4) is 0 Å². The first-order chi connectivity index (χ1) is 17.4. The van der Waals surface area contributed by atoms with Crippen molar-refractivity contribution in [2.75, 3.05) is 19.0 Å². The summed E-state index contributed by atoms with van der Waals surface area (Å²) in [7, 11) is 1.31. The number of amides is 2. The number of hydrogen-bond acceptors (Lipinski definition) is 6. The van der Waals surface area contributed by atoms with Gasteiger partial charge < -0.3 is 10.1 Å². The van der Waals surface area contributed by atoms with E-state index in [1.807, 2.05) is 30.3 Å². The van der Waals surface area contributed by atoms with Crippen LogP contribution < -0.4 is 5.32 Å². The molecule has 9 heteroatoms. The summed E-state index contributed by atoms with van der Waals surface area (Å²) in [5.41, 5.74) is 2.60. The molecule has 1 atom stereocenters. The molecule has 1 aliphatic heterocycles. The lowest BCUT2D eigenvalue weighted by molar-refractivity contribution is -0.129. The summed E-state index contributed by atoms with van der Waals surface area (Å²) in [5, 5.41) is 3.14. The molecule has 1 fully saturated rings. The van der Waals surface area contributed by atoms with Gasteiger partial charge in [-0.15, -0.1) is 0 Å². The van der Waals surface area contributed by atoms with E-state index in [1.165, 1.54) is 18.9 Å². The Labute approximate surface area is 218 Å². The minimum absolute atomic E-state index is 0.0418. The molecule has 36 heavy (non-hydrogen) atoms. The average molecular weight is 522 g/mol. The predicted molar refractivity (Wildman–Crippen MR) is 143 cm³/mol. The van der Waals surface area contributed by atoms with Crippen molar-refractivity contribution in [3.8, 4) is 0 Å². The Hall–Kier alpha value is -3.62. The Morgan fingerprint density at radius 1 is 1.08 bits per heavy atom. The van der Waals surface area contributed by atoms with E-state index in [0.717, 1.165) is 5.56 Å². The number of carbonyl (C=O) groups is 3. The van der Waals surface area contributed by atoms with E-state index in [2.05, 4.69) is 10.3 Å². The number of anilines is 1. The number of hydrogen-bond donors (Lipinski definition) is 1. The molecular weight excluding hydrogens is 498 g/mol. The molecule has 1 N–H and O–H groups in total. The zero-order valence-corrected chi connectivity index (χ0v) is 21.1. The zero-order valence-electron chi connectivity index (χ0n) is 19.5. The summed E-state index contributed by atoms with van der Waals surface area (Å²) in [6.45, 7) is 0.443. The summed E-state index contributed by atoms with van der Waals surface area (Å²) in [4.78, 5) is 44.2. The van der Waals surface area contributed by atoms with Crippen LogP contribution in [0.4, 0.5) is 11.4 Å². The molecule has 4 rings (SSSR count). The number of aliphatic imine (C=N–C) groups is 1. The number of nitrogens with one attached hydrogen (secondary N) is 1. The largest absolute Gasteiger partial charge is 0.465 e. The van der Waals surface area contributed by atoms with Crippen molar-refractivity contribution in [2.45, 2.75) is 18.1 Å². The van der Waals surface area contributed by atoms with Gasteiger partial charge in [0.25, 0.3) is 0 Å². The maximum Gasteiger partial charge on any atom is 0.337 e. The molecule has 0 spiro atoms. The van der Waals surface area contributed by atoms with Crippen molar-refractivity contribution in [1.82, 2.24) is 4.90 Å². The number of ether oxygens (including phenoxy) is 1. The highest BCUT2D eigenvalue weighted by molar-refractivity contribution is 8.15. The summed E-state index contributed by atoms with van der Waals surface area (Å²) in [6, 6.07) is 23.3. The Morgan fingerprint density at radius 3 is 2.53 bits per heavy atom. The van der Waals surface area contributed by atoms with Crippen molar-refractivity contribution in [3.63, 3.8) is 0 Å². The number of amidine groups is 1. The third-order valence-corrected chi connectivity index (χ3v) is 6.93. The number of thioether (sulfide) groups is 1. The van der Waals surface area contributed by atoms with Crippen LogP contribution in [0.5, 0.6) is 0 Å². The Kier molecular flexibility index (Phi) is 8.40. The van der Waals surface area contributed by atoms with E-state index in [9.17, 15) is 14.4 Å². The molecule has 2 amide bonds. The number of methoxy groups -OCH3 is 1. The van der Waals surface area contributed by atoms with E-state index in [1.54, 1.807) is 53.4 Å². The number of rotatable bonds is 7. The van der Waals surface area contributed by atoms with Crippen LogP contribution in [-0.4, -0.2) is 46.8 Å². The SMILES string of the molecule is COC(=O)c1ccc(NC(=O)C2CC(=O)N(CCc3ccccc3)C(=Nc3cccc(Cl)c3)S2)cc1. The first-order valence-electron chi connectivity index (χ1n) is 11.3. The van der Waals surface area contributed by atoms with Crippen LogP contribution in [0.2, 0.25) is 5.02 Å². The van der Waals surface area contributed by atoms with Crippen molar-refractivity contribution in [2.24, 2.45) is 4.99 Å². The maximum atomic E-state index is 13.2. The molecular formula is C27H24ClN3O4S. The summed E-state index contributed by atoms with van der Waals surface area (Å²) in [5.74, 6) is -0.953. The Balaban J connectivity index is 1.52. The number of carbonyl (C=O) groups excluding carboxylic acids is 3. The quantitative estimate of drug-likeness (QED) is 0.424. The molecule has 7 nitrogen and oxygen atoms in total. The molecule has 0 aliphatic carbocycles. The lowest BCUT2D eigenvalue weighted by Crippen LogP contribution is -2.46. The predicted octanol–water partition coefficient (Wildman–Crippen LogP) is 5.33. The van der Waals surface area contributed by atoms with E-state index in [0.29, 0.717) is 40.1 Å². The molecule has 0 bridgehead atoms. The smallest absolute Gasteiger partial charge is 0.337 e. The molecule has 3 aromatic rings. The minimum atomic E-state index is -0.663. The second-order valence-electron chi connectivity index (χ2n) is 8.02. The van der Waals surface area contributed by atoms with Crippen LogP contribution in [-0.2, 0) is 20.7 Å². The molecule has 1 unspecified atom stereocenters. The highest BCUT2D eigenvalue weighted by Crippen LogP contribution is 2.31. The van der Waals surface area contributed by atoms with E-state index in [4.69, 9.17) is 16.3 Å². The van der Waals surface area contributed by atoms with Crippen LogP contribution in [0, 0.1) is 0 Å². The topological polar surface area (TPSA) is 88.1 Å². The normalized spacial score (nSPS) is 16.6. The fourth-order valence-corrected chi connectivity index (χ4v) is 4.94. The Bertz CT molecular complexity index is 1280. The fourth-order valence-electron chi connectivity index (χ4n) is 3.63. The lowest BCUT2D eigenvalue weighted by atomic mass is 10.1. The molecule has 3 aromatic carbocycles. The monoisotopic (exact) mass is 521 g/mol. The van der Waals surface area contributed by atoms with Crippen molar-refractivity contribution in [1.29, 1.82) is 0 Å². The summed E-state index contributed by atoms with van der Waals surface area (Å²) >= 11 is 7.37. The number of halogens is 1. The molecule has 0 aromatic heterocycles. The second kappa shape index (κ2) is 11.9. The van der Waals surface area contributed by atoms with E-state index >= 15 is 0 Å². The van der Waals surface area contributed by atoms with E-state index in [-0.39, 0.29) is 18.2 Å². The molecule has 184 valence electrons. The molecule has 1 aliphatic rings. The third-order valence-electron chi connectivity index (χ3n) is 5.51. The van der Waals surface area contributed by atoms with Crippen LogP contribution >= 0.6 is 23.4 Å². The van der Waals surface area contributed by atoms with Gasteiger partial charge in [-0.3, -0.25) is 14.5 Å². The van der Waals surface area contributed by atoms with Gasteiger partial charge in [0.2, 0.25) is 11.8 Å². The maximum absolute atomic E-state index is 13.2. The highest BCUT2D eigenvalue weighted by Gasteiger charge is 2.35. The number of nitrogens with zero attached hydrogens (tertiary/aromatic N) is 2. The minimum Gasteiger partial charge on any atom is -0.465 e. The van der Waals surface area contributed by atoms with Gasteiger partial charge in [-0.05, 0) is 54.4 Å². The van der Waals surface area contributed by atoms with Crippen molar-refractivity contribution in [3.05, 3.63) is 95.0 Å². The van der Waals surface area contributed by atoms with Crippen LogP contribution in [0.25, 0.3) is 0 Å². The standard InChI is InChI=1S/C27H24ClN3O4S/c1-35-26(34)19-10-12-21(13-11-19)29-25(33)23-17-24(32)31(15-14-18-6-3-2-4-7-18)27(36-23)30-22-9-5-8-20(28)16-22/h2-13,16,23H,14-15,17H2,1H3,(H,29,33). The van der Waals surface area contributed by atoms with E-state index < -0.39 is 11.2 Å². The van der Waals surface area contributed by atoms with Gasteiger partial charge in [0, 0.05) is 23.7 Å². The summed E-state index contributed by atoms with van der Waals surface area (Å²) < 4.78 is 4.70. The van der Waals surface area contributed by atoms with Gasteiger partial charge in [0.15, 0.2) is 5.17 Å². The lowest BCUT2D eigenvalue weighted by Gasteiger charge is -2.32. The van der Waals surface area contributed by atoms with Gasteiger partial charge in [-0.25, -0.2) is 9.79 Å². The van der Waals surface area contributed by atoms with Crippen LogP contribution in [0.1, 0.15) is 22.3 Å². The Morgan fingerprint density at radius 2 is 1.83 bits per heavy atom. The molecule has 1 heterocycles. The number of benzene rings is 3. The number of esters is 1. The van der Waals surface area contributed by atoms with Gasteiger partial charge in [-0.1, -0.05) is 59.8 Å². The van der Waals surface area contributed by atoms with Gasteiger partial charge >= 0.3 is 5.97 Å². The first kappa shape index (κ1) is 25.5. The summed E-state index contributed by atoms with van der Waals surface area (Å²) in [6.07, 6.45) is 0.700. The second-order valence-corrected chi connectivity index (χ2v) is 9.63. The fraction of sp³-hybridized carbons (Fsp3) is 0.185.